The van der Waals surface area contributed by atoms with Crippen molar-refractivity contribution in [2.45, 2.75) is 13.2 Å². The number of aryl methyl sites for hydroxylation is 1. The maximum Gasteiger partial charge on any atom is 0.387 e. The van der Waals surface area contributed by atoms with E-state index in [1.54, 1.807) is 48.1 Å². The van der Waals surface area contributed by atoms with Crippen molar-refractivity contribution in [3.63, 3.8) is 0 Å². The molecule has 0 saturated carbocycles. The van der Waals surface area contributed by atoms with Crippen molar-refractivity contribution in [3.05, 3.63) is 52.3 Å². The number of carbonyl (C=O) groups excluding carboxylic acids is 1. The van der Waals surface area contributed by atoms with Crippen LogP contribution in [0.2, 0.25) is 0 Å². The second-order valence-electron chi connectivity index (χ2n) is 5.04. The fraction of sp³-hybridized carbons (Fsp3) is 0.250. The topological polar surface area (TPSA) is 47.4 Å². The average molecular weight is 400 g/mol. The smallest absolute Gasteiger partial charge is 0.387 e. The van der Waals surface area contributed by atoms with Gasteiger partial charge in [-0.15, -0.1) is 0 Å². The van der Waals surface area contributed by atoms with E-state index in [2.05, 4.69) is 25.8 Å². The molecule has 0 fully saturated rings. The second-order valence-corrected chi connectivity index (χ2v) is 5.89. The van der Waals surface area contributed by atoms with Gasteiger partial charge in [0.15, 0.2) is 0 Å². The van der Waals surface area contributed by atoms with E-state index < -0.39 is 6.61 Å². The highest BCUT2D eigenvalue weighted by atomic mass is 79.9. The van der Waals surface area contributed by atoms with Crippen molar-refractivity contribution in [3.8, 4) is 5.75 Å². The number of alkyl halides is 2. The zero-order valence-electron chi connectivity index (χ0n) is 13.1. The summed E-state index contributed by atoms with van der Waals surface area (Å²) in [4.78, 5) is 13.7. The molecule has 0 aliphatic rings. The maximum atomic E-state index is 12.1. The van der Waals surface area contributed by atoms with Gasteiger partial charge in [-0.3, -0.25) is 9.48 Å². The molecule has 2 aromatic rings. The Labute approximate surface area is 146 Å². The highest BCUT2D eigenvalue weighted by Gasteiger charge is 2.12. The van der Waals surface area contributed by atoms with E-state index in [0.29, 0.717) is 12.1 Å². The molecule has 1 aromatic heterocycles. The van der Waals surface area contributed by atoms with Crippen molar-refractivity contribution >= 4 is 27.9 Å². The number of nitrogens with zero attached hydrogens (tertiary/aromatic N) is 3. The summed E-state index contributed by atoms with van der Waals surface area (Å²) in [7, 11) is 3.49. The van der Waals surface area contributed by atoms with Gasteiger partial charge in [0.2, 0.25) is 5.91 Å². The summed E-state index contributed by atoms with van der Waals surface area (Å²) in [6.45, 7) is -2.45. The Kier molecular flexibility index (Phi) is 6.08. The van der Waals surface area contributed by atoms with E-state index in [4.69, 9.17) is 0 Å². The number of hydrogen-bond donors (Lipinski definition) is 0. The average Bonchev–Trinajstić information content (AvgIpc) is 2.85. The van der Waals surface area contributed by atoms with Gasteiger partial charge in [0.25, 0.3) is 0 Å². The van der Waals surface area contributed by atoms with Gasteiger partial charge in [0, 0.05) is 20.2 Å². The minimum absolute atomic E-state index is 0.0756. The van der Waals surface area contributed by atoms with Gasteiger partial charge < -0.3 is 9.64 Å². The van der Waals surface area contributed by atoms with E-state index in [9.17, 15) is 13.6 Å². The minimum atomic E-state index is -2.85. The molecule has 8 heteroatoms. The lowest BCUT2D eigenvalue weighted by atomic mass is 10.2. The Morgan fingerprint density at radius 2 is 2.08 bits per heavy atom. The highest BCUT2D eigenvalue weighted by Crippen LogP contribution is 2.17. The molecule has 5 nitrogen and oxygen atoms in total. The first-order valence-electron chi connectivity index (χ1n) is 7.01. The van der Waals surface area contributed by atoms with Crippen LogP contribution in [0.5, 0.6) is 5.75 Å². The molecule has 0 aliphatic heterocycles. The van der Waals surface area contributed by atoms with Crippen LogP contribution in [-0.2, 0) is 18.4 Å². The van der Waals surface area contributed by atoms with Gasteiger partial charge >= 0.3 is 6.61 Å². The summed E-state index contributed by atoms with van der Waals surface area (Å²) in [6, 6.07) is 6.04. The van der Waals surface area contributed by atoms with Crippen molar-refractivity contribution in [2.24, 2.45) is 7.05 Å². The molecule has 1 heterocycles. The van der Waals surface area contributed by atoms with E-state index in [1.807, 2.05) is 0 Å². The van der Waals surface area contributed by atoms with E-state index in [-0.39, 0.29) is 11.7 Å². The lowest BCUT2D eigenvalue weighted by molar-refractivity contribution is -0.125. The Morgan fingerprint density at radius 3 is 2.62 bits per heavy atom. The quantitative estimate of drug-likeness (QED) is 0.698. The number of aromatic nitrogens is 2. The van der Waals surface area contributed by atoms with E-state index in [1.165, 1.54) is 18.2 Å². The third kappa shape index (κ3) is 4.89. The second kappa shape index (κ2) is 8.05. The maximum absolute atomic E-state index is 12.1. The third-order valence-corrected chi connectivity index (χ3v) is 3.96. The molecular formula is C16H16BrF2N3O2. The van der Waals surface area contributed by atoms with Crippen LogP contribution in [0, 0.1) is 0 Å². The lowest BCUT2D eigenvalue weighted by Crippen LogP contribution is -2.25. The van der Waals surface area contributed by atoms with E-state index in [0.717, 1.165) is 10.2 Å². The molecule has 0 unspecified atom stereocenters. The molecule has 24 heavy (non-hydrogen) atoms. The third-order valence-electron chi connectivity index (χ3n) is 3.30. The van der Waals surface area contributed by atoms with Gasteiger partial charge in [-0.05, 0) is 39.7 Å². The first kappa shape index (κ1) is 18.1. The van der Waals surface area contributed by atoms with Crippen LogP contribution in [0.1, 0.15) is 11.3 Å². The first-order chi connectivity index (χ1) is 11.4. The number of carbonyl (C=O) groups is 1. The fourth-order valence-electron chi connectivity index (χ4n) is 1.97. The molecule has 0 saturated heterocycles. The van der Waals surface area contributed by atoms with Crippen molar-refractivity contribution in [1.82, 2.24) is 14.7 Å². The van der Waals surface area contributed by atoms with E-state index >= 15 is 0 Å². The zero-order valence-corrected chi connectivity index (χ0v) is 14.7. The van der Waals surface area contributed by atoms with Gasteiger partial charge in [-0.25, -0.2) is 0 Å². The molecule has 0 aliphatic carbocycles. The first-order valence-corrected chi connectivity index (χ1v) is 7.80. The van der Waals surface area contributed by atoms with Gasteiger partial charge in [0.05, 0.1) is 22.9 Å². The van der Waals surface area contributed by atoms with Crippen LogP contribution in [0.25, 0.3) is 6.08 Å². The normalized spacial score (nSPS) is 11.2. The number of halogens is 3. The van der Waals surface area contributed by atoms with Crippen molar-refractivity contribution in [1.29, 1.82) is 0 Å². The number of hydrogen-bond acceptors (Lipinski definition) is 3. The summed E-state index contributed by atoms with van der Waals surface area (Å²) < 4.78 is 31.0. The highest BCUT2D eigenvalue weighted by molar-refractivity contribution is 9.10. The van der Waals surface area contributed by atoms with Crippen LogP contribution in [0.4, 0.5) is 8.78 Å². The van der Waals surface area contributed by atoms with Crippen LogP contribution >= 0.6 is 15.9 Å². The number of likely N-dealkylation sites (N-methyl/N-ethyl adjacent to an activating group) is 1. The van der Waals surface area contributed by atoms with Crippen LogP contribution in [0.3, 0.4) is 0 Å². The largest absolute Gasteiger partial charge is 0.435 e. The molecule has 2 rings (SSSR count). The molecular weight excluding hydrogens is 384 g/mol. The summed E-state index contributed by atoms with van der Waals surface area (Å²) in [5.74, 6) is -0.109. The fourth-order valence-corrected chi connectivity index (χ4v) is 2.45. The molecule has 0 spiro atoms. The Bertz CT molecular complexity index is 710. The summed E-state index contributed by atoms with van der Waals surface area (Å²) in [6.07, 6.45) is 4.71. The monoisotopic (exact) mass is 399 g/mol. The van der Waals surface area contributed by atoms with Gasteiger partial charge in [0.1, 0.15) is 5.75 Å². The number of amides is 1. The summed E-state index contributed by atoms with van der Waals surface area (Å²) in [5.41, 5.74) is 1.59. The SMILES string of the molecule is CN(Cc1c(Br)cnn1C)C(=O)/C=C\c1ccc(OC(F)F)cc1. The predicted molar refractivity (Wildman–Crippen MR) is 89.5 cm³/mol. The predicted octanol–water partition coefficient (Wildman–Crippen LogP) is 3.46. The number of ether oxygens (including phenoxy) is 1. The Morgan fingerprint density at radius 1 is 1.42 bits per heavy atom. The van der Waals surface area contributed by atoms with Gasteiger partial charge in [-0.2, -0.15) is 13.9 Å². The Hall–Kier alpha value is -2.22. The van der Waals surface area contributed by atoms with Crippen LogP contribution in [-0.4, -0.2) is 34.2 Å². The van der Waals surface area contributed by atoms with Crippen molar-refractivity contribution in [2.75, 3.05) is 7.05 Å². The molecule has 0 bridgehead atoms. The van der Waals surface area contributed by atoms with Crippen molar-refractivity contribution < 1.29 is 18.3 Å². The lowest BCUT2D eigenvalue weighted by Gasteiger charge is -2.15. The molecule has 0 N–H and O–H groups in total. The molecule has 1 aromatic carbocycles. The standard InChI is InChI=1S/C16H16BrF2N3O2/c1-21(10-14-13(17)9-20-22(14)2)15(23)8-5-11-3-6-12(7-4-11)24-16(18)19/h3-9,16H,10H2,1-2H3/b8-5-. The molecule has 128 valence electrons. The van der Waals surface area contributed by atoms with Gasteiger partial charge in [-0.1, -0.05) is 12.1 Å². The summed E-state index contributed by atoms with van der Waals surface area (Å²) in [5, 5.41) is 4.10. The number of benzene rings is 1. The molecule has 1 amide bonds. The summed E-state index contributed by atoms with van der Waals surface area (Å²) >= 11 is 3.39. The van der Waals surface area contributed by atoms with Crippen LogP contribution in [0.15, 0.2) is 41.0 Å². The number of rotatable bonds is 6. The minimum Gasteiger partial charge on any atom is -0.435 e. The van der Waals surface area contributed by atoms with Crippen LogP contribution < -0.4 is 4.74 Å². The Balaban J connectivity index is 1.96. The molecule has 0 radical (unpaired) electrons. The molecule has 0 atom stereocenters. The zero-order chi connectivity index (χ0) is 17.7.